The Kier molecular flexibility index (Phi) is 8.67. The molecule has 0 fully saturated rings. The largest absolute Gasteiger partial charge is 1.00 e. The van der Waals surface area contributed by atoms with Gasteiger partial charge >= 0.3 is 29.6 Å². The quantitative estimate of drug-likeness (QED) is 0.369. The molecular formula is C16H12BrClNNaO4S. The van der Waals surface area contributed by atoms with Crippen molar-refractivity contribution in [3.63, 3.8) is 0 Å². The molecule has 0 N–H and O–H groups in total. The van der Waals surface area contributed by atoms with Crippen LogP contribution in [0.5, 0.6) is 5.75 Å². The van der Waals surface area contributed by atoms with Crippen LogP contribution < -0.4 is 39.4 Å². The number of nitrogens with zero attached hydrogens (tertiary/aromatic N) is 1. The summed E-state index contributed by atoms with van der Waals surface area (Å²) in [6.07, 6.45) is 1.31. The molecule has 0 atom stereocenters. The molecule has 9 heteroatoms. The summed E-state index contributed by atoms with van der Waals surface area (Å²) in [7, 11) is -2.63. The fraction of sp³-hybridized carbons (Fsp3) is 0.0625. The molecule has 2 aromatic rings. The van der Waals surface area contributed by atoms with Crippen LogP contribution in [-0.2, 0) is 10.0 Å². The van der Waals surface area contributed by atoms with E-state index in [0.717, 1.165) is 5.41 Å². The van der Waals surface area contributed by atoms with Gasteiger partial charge in [-0.2, -0.15) is 12.8 Å². The first kappa shape index (κ1) is 22.2. The van der Waals surface area contributed by atoms with Crippen LogP contribution in [-0.4, -0.2) is 21.4 Å². The fourth-order valence-corrected chi connectivity index (χ4v) is 3.28. The van der Waals surface area contributed by atoms with Crippen molar-refractivity contribution in [1.82, 2.24) is 0 Å². The number of benzene rings is 2. The van der Waals surface area contributed by atoms with Gasteiger partial charge in [0.25, 0.3) is 10.0 Å². The predicted molar refractivity (Wildman–Crippen MR) is 96.6 cm³/mol. The Morgan fingerprint density at radius 3 is 2.60 bits per heavy atom. The second-order valence-electron chi connectivity index (χ2n) is 4.58. The van der Waals surface area contributed by atoms with Crippen LogP contribution in [0.3, 0.4) is 0 Å². The Morgan fingerprint density at radius 1 is 1.28 bits per heavy atom. The number of hydrogen-bond donors (Lipinski definition) is 0. The first-order chi connectivity index (χ1) is 11.3. The molecule has 0 radical (unpaired) electrons. The van der Waals surface area contributed by atoms with E-state index < -0.39 is 15.9 Å². The topological polar surface area (TPSA) is 78.8 Å². The van der Waals surface area contributed by atoms with Gasteiger partial charge in [-0.05, 0) is 24.3 Å². The molecular weight excluding hydrogens is 441 g/mol. The summed E-state index contributed by atoms with van der Waals surface area (Å²) in [5.41, 5.74) is 0.557. The number of para-hydroxylation sites is 1. The normalized spacial score (nSPS) is 12.0. The van der Waals surface area contributed by atoms with E-state index in [-0.39, 0.29) is 40.1 Å². The van der Waals surface area contributed by atoms with E-state index in [9.17, 15) is 13.5 Å². The minimum atomic E-state index is -4.11. The molecule has 0 heterocycles. The minimum Gasteiger partial charge on any atom is -0.858 e. The van der Waals surface area contributed by atoms with Crippen LogP contribution in [0.4, 0.5) is 0 Å². The molecule has 0 bridgehead atoms. The Balaban J connectivity index is 0.00000312. The minimum absolute atomic E-state index is 0. The maximum atomic E-state index is 12.0. The van der Waals surface area contributed by atoms with Gasteiger partial charge in [0, 0.05) is 26.5 Å². The van der Waals surface area contributed by atoms with Gasteiger partial charge in [0.15, 0.2) is 0 Å². The van der Waals surface area contributed by atoms with E-state index in [0.29, 0.717) is 15.8 Å². The molecule has 0 saturated carbocycles. The van der Waals surface area contributed by atoms with Crippen molar-refractivity contribution in [2.45, 2.75) is 0 Å². The number of halogens is 2. The molecule has 0 spiro atoms. The van der Waals surface area contributed by atoms with Gasteiger partial charge in [-0.15, -0.1) is 0 Å². The van der Waals surface area contributed by atoms with Crippen LogP contribution >= 0.6 is 27.5 Å². The second-order valence-corrected chi connectivity index (χ2v) is 7.39. The van der Waals surface area contributed by atoms with Crippen molar-refractivity contribution in [3.05, 3.63) is 68.5 Å². The summed E-state index contributed by atoms with van der Waals surface area (Å²) in [4.78, 5) is 0. The Bertz CT molecular complexity index is 916. The van der Waals surface area contributed by atoms with Crippen molar-refractivity contribution in [2.75, 3.05) is 7.11 Å². The molecule has 0 saturated heterocycles. The maximum absolute atomic E-state index is 12.0. The SMILES string of the molecule is COc1ccccc1/C=C/S(=O)(=O)/N=C(\[O-])c1ccc(Br)cc1Cl.[Na+]. The van der Waals surface area contributed by atoms with Crippen LogP contribution in [0.15, 0.2) is 56.7 Å². The third-order valence-electron chi connectivity index (χ3n) is 2.93. The van der Waals surface area contributed by atoms with Crippen LogP contribution in [0.2, 0.25) is 5.02 Å². The van der Waals surface area contributed by atoms with Gasteiger partial charge in [-0.25, -0.2) is 0 Å². The van der Waals surface area contributed by atoms with E-state index in [1.807, 2.05) is 0 Å². The number of hydrogen-bond acceptors (Lipinski definition) is 4. The summed E-state index contributed by atoms with van der Waals surface area (Å²) in [5.74, 6) is -0.427. The predicted octanol–water partition coefficient (Wildman–Crippen LogP) is 0.223. The summed E-state index contributed by atoms with van der Waals surface area (Å²) in [6, 6.07) is 11.3. The van der Waals surface area contributed by atoms with Gasteiger partial charge in [-0.1, -0.05) is 51.8 Å². The van der Waals surface area contributed by atoms with Crippen LogP contribution in [0.1, 0.15) is 11.1 Å². The van der Waals surface area contributed by atoms with Crippen molar-refractivity contribution < 1.29 is 47.8 Å². The molecule has 5 nitrogen and oxygen atoms in total. The molecule has 2 aromatic carbocycles. The molecule has 2 rings (SSSR count). The van der Waals surface area contributed by atoms with Crippen molar-refractivity contribution in [3.8, 4) is 5.75 Å². The number of methoxy groups -OCH3 is 1. The fourth-order valence-electron chi connectivity index (χ4n) is 1.82. The number of ether oxygens (including phenoxy) is 1. The van der Waals surface area contributed by atoms with Crippen molar-refractivity contribution >= 4 is 49.5 Å². The average molecular weight is 453 g/mol. The molecule has 0 unspecified atom stereocenters. The van der Waals surface area contributed by atoms with Gasteiger partial charge in [0.2, 0.25) is 0 Å². The van der Waals surface area contributed by atoms with E-state index in [1.165, 1.54) is 25.3 Å². The van der Waals surface area contributed by atoms with Crippen LogP contribution in [0.25, 0.3) is 6.08 Å². The second kappa shape index (κ2) is 9.75. The maximum Gasteiger partial charge on any atom is 1.00 e. The summed E-state index contributed by atoms with van der Waals surface area (Å²) >= 11 is 9.13. The van der Waals surface area contributed by atoms with E-state index >= 15 is 0 Å². The zero-order valence-electron chi connectivity index (χ0n) is 13.4. The first-order valence-electron chi connectivity index (χ1n) is 6.61. The number of sulfonamides is 1. The summed E-state index contributed by atoms with van der Waals surface area (Å²) in [5, 5.41) is 13.0. The zero-order valence-corrected chi connectivity index (χ0v) is 18.6. The van der Waals surface area contributed by atoms with Gasteiger partial charge in [-0.3, -0.25) is 0 Å². The summed E-state index contributed by atoms with van der Waals surface area (Å²) < 4.78 is 33.0. The van der Waals surface area contributed by atoms with Crippen LogP contribution in [0, 0.1) is 0 Å². The Hall–Kier alpha value is -0.830. The molecule has 25 heavy (non-hydrogen) atoms. The third kappa shape index (κ3) is 6.44. The third-order valence-corrected chi connectivity index (χ3v) is 4.64. The zero-order chi connectivity index (χ0) is 17.7. The standard InChI is InChI=1S/C16H13BrClNO4S.Na/c1-23-15-5-3-2-4-11(15)8-9-24(21,22)19-16(20)13-7-6-12(17)10-14(13)18;/h2-10H,1H3,(H,19,20);/q;+1/p-1/b9-8+;. The smallest absolute Gasteiger partial charge is 0.858 e. The van der Waals surface area contributed by atoms with E-state index in [1.54, 1.807) is 30.3 Å². The molecule has 0 aliphatic heterocycles. The molecule has 0 amide bonds. The monoisotopic (exact) mass is 451 g/mol. The molecule has 126 valence electrons. The molecule has 0 aliphatic carbocycles. The Labute approximate surface area is 181 Å². The summed E-state index contributed by atoms with van der Waals surface area (Å²) in [6.45, 7) is 0. The van der Waals surface area contributed by atoms with Crippen molar-refractivity contribution in [1.29, 1.82) is 0 Å². The first-order valence-corrected chi connectivity index (χ1v) is 9.28. The van der Waals surface area contributed by atoms with E-state index in [4.69, 9.17) is 16.3 Å². The van der Waals surface area contributed by atoms with Gasteiger partial charge in [0.05, 0.1) is 12.5 Å². The molecule has 0 aliphatic rings. The Morgan fingerprint density at radius 2 is 1.96 bits per heavy atom. The van der Waals surface area contributed by atoms with Gasteiger partial charge in [0.1, 0.15) is 5.75 Å². The number of rotatable bonds is 5. The van der Waals surface area contributed by atoms with E-state index in [2.05, 4.69) is 20.3 Å². The van der Waals surface area contributed by atoms with Gasteiger partial charge < -0.3 is 9.84 Å². The average Bonchev–Trinajstić information content (AvgIpc) is 2.52. The molecule has 0 aromatic heterocycles. The van der Waals surface area contributed by atoms with Crippen molar-refractivity contribution in [2.24, 2.45) is 4.40 Å².